The second-order valence-electron chi connectivity index (χ2n) is 1.93. The molecule has 0 saturated carbocycles. The van der Waals surface area contributed by atoms with Crippen molar-refractivity contribution in [2.45, 2.75) is 12.8 Å². The number of hydrogen-bond donors (Lipinski definition) is 3. The fraction of sp³-hybridized carbons (Fsp3) is 0.667. The minimum Gasteiger partial charge on any atom is -0.359 e. The van der Waals surface area contributed by atoms with Crippen molar-refractivity contribution in [1.29, 1.82) is 5.41 Å². The van der Waals surface area contributed by atoms with Crippen molar-refractivity contribution in [3.05, 3.63) is 0 Å². The van der Waals surface area contributed by atoms with Gasteiger partial charge in [-0.05, 0) is 12.2 Å². The van der Waals surface area contributed by atoms with Gasteiger partial charge in [0.05, 0.1) is 6.42 Å². The number of thiol groups is 1. The zero-order valence-corrected chi connectivity index (χ0v) is 6.87. The lowest BCUT2D eigenvalue weighted by Crippen LogP contribution is -2.20. The van der Waals surface area contributed by atoms with Crippen LogP contribution in [0.25, 0.3) is 0 Å². The standard InChI is InChI=1S/C6H12N2OS/c1-8-6(9)4-5(7)2-3-10/h7,10H,2-4H2,1H3,(H,8,9). The molecule has 2 N–H and O–H groups in total. The highest BCUT2D eigenvalue weighted by Crippen LogP contribution is 1.91. The Morgan fingerprint density at radius 1 is 1.70 bits per heavy atom. The Morgan fingerprint density at radius 2 is 2.30 bits per heavy atom. The molecule has 4 heteroatoms. The molecule has 0 aliphatic heterocycles. The molecule has 0 aliphatic rings. The van der Waals surface area contributed by atoms with Gasteiger partial charge >= 0.3 is 0 Å². The van der Waals surface area contributed by atoms with Crippen LogP contribution >= 0.6 is 12.6 Å². The first-order chi connectivity index (χ1) is 4.70. The number of hydrogen-bond acceptors (Lipinski definition) is 3. The predicted molar refractivity (Wildman–Crippen MR) is 44.9 cm³/mol. The maximum atomic E-state index is 10.6. The summed E-state index contributed by atoms with van der Waals surface area (Å²) in [7, 11) is 1.57. The maximum absolute atomic E-state index is 10.6. The van der Waals surface area contributed by atoms with Crippen LogP contribution in [0, 0.1) is 5.41 Å². The van der Waals surface area contributed by atoms with E-state index in [1.54, 1.807) is 7.05 Å². The minimum atomic E-state index is -0.105. The molecule has 0 saturated heterocycles. The molecule has 0 aromatic rings. The monoisotopic (exact) mass is 160 g/mol. The van der Waals surface area contributed by atoms with Crippen LogP contribution < -0.4 is 5.32 Å². The van der Waals surface area contributed by atoms with E-state index < -0.39 is 0 Å². The van der Waals surface area contributed by atoms with Crippen LogP contribution in [0.2, 0.25) is 0 Å². The molecule has 3 nitrogen and oxygen atoms in total. The fourth-order valence-corrected chi connectivity index (χ4v) is 0.775. The highest BCUT2D eigenvalue weighted by Gasteiger charge is 2.01. The van der Waals surface area contributed by atoms with Gasteiger partial charge in [0.1, 0.15) is 0 Å². The Labute approximate surface area is 66.1 Å². The molecule has 0 spiro atoms. The third kappa shape index (κ3) is 4.38. The van der Waals surface area contributed by atoms with Crippen LogP contribution in [0.5, 0.6) is 0 Å². The molecule has 0 fully saturated rings. The van der Waals surface area contributed by atoms with Crippen LogP contribution in [0.4, 0.5) is 0 Å². The fourth-order valence-electron chi connectivity index (χ4n) is 0.506. The van der Waals surface area contributed by atoms with E-state index in [9.17, 15) is 4.79 Å². The molecule has 0 rings (SSSR count). The first kappa shape index (κ1) is 9.49. The minimum absolute atomic E-state index is 0.105. The second kappa shape index (κ2) is 5.29. The molecule has 0 aromatic heterocycles. The van der Waals surface area contributed by atoms with E-state index in [1.165, 1.54) is 0 Å². The van der Waals surface area contributed by atoms with Crippen molar-refractivity contribution in [3.63, 3.8) is 0 Å². The lowest BCUT2D eigenvalue weighted by Gasteiger charge is -1.98. The van der Waals surface area contributed by atoms with E-state index in [1.807, 2.05) is 0 Å². The normalized spacial score (nSPS) is 9.00. The quantitative estimate of drug-likeness (QED) is 0.406. The summed E-state index contributed by atoms with van der Waals surface area (Å²) in [5, 5.41) is 9.66. The van der Waals surface area contributed by atoms with Gasteiger partial charge in [0.2, 0.25) is 5.91 Å². The number of carbonyl (C=O) groups excluding carboxylic acids is 1. The summed E-state index contributed by atoms with van der Waals surface area (Å²) in [4.78, 5) is 10.6. The highest BCUT2D eigenvalue weighted by molar-refractivity contribution is 7.80. The van der Waals surface area contributed by atoms with Crippen molar-refractivity contribution < 1.29 is 4.79 Å². The summed E-state index contributed by atoms with van der Waals surface area (Å²) in [5.41, 5.74) is 0.439. The number of carbonyl (C=O) groups is 1. The van der Waals surface area contributed by atoms with Crippen molar-refractivity contribution in [2.24, 2.45) is 0 Å². The summed E-state index contributed by atoms with van der Waals surface area (Å²) in [6.45, 7) is 0. The Morgan fingerprint density at radius 3 is 2.70 bits per heavy atom. The highest BCUT2D eigenvalue weighted by atomic mass is 32.1. The van der Waals surface area contributed by atoms with E-state index in [2.05, 4.69) is 17.9 Å². The van der Waals surface area contributed by atoms with Crippen LogP contribution in [0.3, 0.4) is 0 Å². The topological polar surface area (TPSA) is 53.0 Å². The molecule has 10 heavy (non-hydrogen) atoms. The molecule has 0 heterocycles. The maximum Gasteiger partial charge on any atom is 0.225 e. The number of amides is 1. The SMILES string of the molecule is CNC(=O)CC(=N)CCS. The van der Waals surface area contributed by atoms with Crippen LogP contribution in [-0.2, 0) is 4.79 Å². The number of rotatable bonds is 4. The van der Waals surface area contributed by atoms with Crippen LogP contribution in [0.15, 0.2) is 0 Å². The summed E-state index contributed by atoms with van der Waals surface area (Å²) < 4.78 is 0. The molecule has 0 aliphatic carbocycles. The van der Waals surface area contributed by atoms with Gasteiger partial charge < -0.3 is 10.7 Å². The van der Waals surface area contributed by atoms with Gasteiger partial charge in [-0.3, -0.25) is 4.79 Å². The van der Waals surface area contributed by atoms with E-state index >= 15 is 0 Å². The van der Waals surface area contributed by atoms with Crippen molar-refractivity contribution in [2.75, 3.05) is 12.8 Å². The Balaban J connectivity index is 3.47. The molecular weight excluding hydrogens is 148 g/mol. The summed E-state index contributed by atoms with van der Waals surface area (Å²) in [6.07, 6.45) is 0.799. The Hall–Kier alpha value is -0.510. The molecule has 0 atom stereocenters. The van der Waals surface area contributed by atoms with E-state index in [4.69, 9.17) is 5.41 Å². The molecule has 1 amide bonds. The average molecular weight is 160 g/mol. The van der Waals surface area contributed by atoms with Crippen molar-refractivity contribution in [3.8, 4) is 0 Å². The molecule has 0 bridgehead atoms. The van der Waals surface area contributed by atoms with Crippen molar-refractivity contribution in [1.82, 2.24) is 5.32 Å². The Bertz CT molecular complexity index is 136. The van der Waals surface area contributed by atoms with Gasteiger partial charge in [0.25, 0.3) is 0 Å². The number of nitrogens with one attached hydrogen (secondary N) is 2. The first-order valence-corrected chi connectivity index (χ1v) is 3.71. The molecule has 58 valence electrons. The van der Waals surface area contributed by atoms with E-state index in [-0.39, 0.29) is 12.3 Å². The second-order valence-corrected chi connectivity index (χ2v) is 2.37. The zero-order valence-electron chi connectivity index (χ0n) is 5.98. The van der Waals surface area contributed by atoms with Gasteiger partial charge in [-0.15, -0.1) is 0 Å². The third-order valence-corrected chi connectivity index (χ3v) is 1.29. The van der Waals surface area contributed by atoms with Gasteiger partial charge in [-0.2, -0.15) is 12.6 Å². The van der Waals surface area contributed by atoms with Crippen LogP contribution in [0.1, 0.15) is 12.8 Å². The molecular formula is C6H12N2OS. The van der Waals surface area contributed by atoms with E-state index in [0.717, 1.165) is 0 Å². The lowest BCUT2D eigenvalue weighted by atomic mass is 10.2. The van der Waals surface area contributed by atoms with Gasteiger partial charge in [0.15, 0.2) is 0 Å². The zero-order chi connectivity index (χ0) is 7.98. The summed E-state index contributed by atoms with van der Waals surface area (Å²) in [6, 6.07) is 0. The van der Waals surface area contributed by atoms with Gasteiger partial charge in [-0.25, -0.2) is 0 Å². The third-order valence-electron chi connectivity index (χ3n) is 1.07. The summed E-state index contributed by atoms with van der Waals surface area (Å²) in [5.74, 6) is 0.530. The molecule has 0 radical (unpaired) electrons. The molecule has 0 aromatic carbocycles. The Kier molecular flexibility index (Phi) is 5.02. The lowest BCUT2D eigenvalue weighted by molar-refractivity contribution is -0.119. The van der Waals surface area contributed by atoms with Crippen molar-refractivity contribution >= 4 is 24.2 Å². The van der Waals surface area contributed by atoms with Crippen LogP contribution in [-0.4, -0.2) is 24.4 Å². The van der Waals surface area contributed by atoms with Gasteiger partial charge in [0, 0.05) is 12.8 Å². The van der Waals surface area contributed by atoms with E-state index in [0.29, 0.717) is 17.9 Å². The first-order valence-electron chi connectivity index (χ1n) is 3.08. The summed E-state index contributed by atoms with van der Waals surface area (Å²) >= 11 is 3.94. The van der Waals surface area contributed by atoms with Gasteiger partial charge in [-0.1, -0.05) is 0 Å². The molecule has 0 unspecified atom stereocenters. The largest absolute Gasteiger partial charge is 0.359 e. The smallest absolute Gasteiger partial charge is 0.225 e. The average Bonchev–Trinajstić information content (AvgIpc) is 1.88. The predicted octanol–water partition coefficient (Wildman–Crippen LogP) is 0.462.